The normalized spacial score (nSPS) is 18.4. The van der Waals surface area contributed by atoms with Gasteiger partial charge in [-0.2, -0.15) is 0 Å². The molecule has 4 rings (SSSR count). The van der Waals surface area contributed by atoms with E-state index in [1.165, 1.54) is 17.0 Å². The van der Waals surface area contributed by atoms with Crippen molar-refractivity contribution in [1.29, 1.82) is 0 Å². The number of carbonyl (C=O) groups excluding carboxylic acids is 2. The molecule has 1 fully saturated rings. The van der Waals surface area contributed by atoms with E-state index in [9.17, 15) is 14.0 Å². The predicted octanol–water partition coefficient (Wildman–Crippen LogP) is 3.66. The summed E-state index contributed by atoms with van der Waals surface area (Å²) in [7, 11) is 2.04. The molecule has 2 aliphatic rings. The number of piperazine rings is 1. The topological polar surface area (TPSA) is 43.9 Å². The Bertz CT molecular complexity index is 1030. The summed E-state index contributed by atoms with van der Waals surface area (Å²) in [6, 6.07) is 13.3. The molecule has 2 aliphatic heterocycles. The van der Waals surface area contributed by atoms with Crippen LogP contribution in [0, 0.1) is 5.82 Å². The van der Waals surface area contributed by atoms with Crippen LogP contribution in [0.3, 0.4) is 0 Å². The molecule has 0 aromatic heterocycles. The molecule has 2 aromatic carbocycles. The second-order valence-electron chi connectivity index (χ2n) is 9.26. The van der Waals surface area contributed by atoms with Crippen molar-refractivity contribution in [1.82, 2.24) is 9.80 Å². The molecule has 0 atom stereocenters. The van der Waals surface area contributed by atoms with E-state index in [0.29, 0.717) is 35.6 Å². The van der Waals surface area contributed by atoms with Crippen molar-refractivity contribution < 1.29 is 14.0 Å². The van der Waals surface area contributed by atoms with Crippen molar-refractivity contribution in [3.8, 4) is 0 Å². The van der Waals surface area contributed by atoms with Crippen molar-refractivity contribution in [3.63, 3.8) is 0 Å². The number of halogens is 1. The van der Waals surface area contributed by atoms with E-state index in [0.717, 1.165) is 18.7 Å². The molecule has 0 spiro atoms. The SMILES string of the molecule is CN1CCN(C2=C(c3ccc(F)cc3)C(=O)N(c3ccc(C(C)(C)C)cc3)C2=O)CC1. The highest BCUT2D eigenvalue weighted by Gasteiger charge is 2.43. The quantitative estimate of drug-likeness (QED) is 0.710. The Morgan fingerprint density at radius 2 is 1.39 bits per heavy atom. The number of hydrogen-bond acceptors (Lipinski definition) is 4. The van der Waals surface area contributed by atoms with E-state index in [-0.39, 0.29) is 23.0 Å². The smallest absolute Gasteiger partial charge is 0.282 e. The lowest BCUT2D eigenvalue weighted by Gasteiger charge is -2.34. The third-order valence-corrected chi connectivity index (χ3v) is 6.00. The van der Waals surface area contributed by atoms with Gasteiger partial charge in [0.25, 0.3) is 11.8 Å². The van der Waals surface area contributed by atoms with Crippen molar-refractivity contribution in [2.75, 3.05) is 38.1 Å². The fourth-order valence-corrected chi connectivity index (χ4v) is 4.06. The van der Waals surface area contributed by atoms with Gasteiger partial charge < -0.3 is 9.80 Å². The molecule has 0 bridgehead atoms. The van der Waals surface area contributed by atoms with Gasteiger partial charge >= 0.3 is 0 Å². The van der Waals surface area contributed by atoms with Crippen LogP contribution in [0.2, 0.25) is 0 Å². The highest BCUT2D eigenvalue weighted by Crippen LogP contribution is 2.36. The Labute approximate surface area is 182 Å². The van der Waals surface area contributed by atoms with Gasteiger partial charge in [0.15, 0.2) is 0 Å². The van der Waals surface area contributed by atoms with E-state index >= 15 is 0 Å². The first kappa shape index (κ1) is 21.2. The molecule has 0 N–H and O–H groups in total. The van der Waals surface area contributed by atoms with Crippen molar-refractivity contribution >= 4 is 23.1 Å². The summed E-state index contributed by atoms with van der Waals surface area (Å²) in [5.41, 5.74) is 2.95. The number of rotatable bonds is 3. The molecule has 2 amide bonds. The molecule has 5 nitrogen and oxygen atoms in total. The van der Waals surface area contributed by atoms with Gasteiger partial charge in [0.2, 0.25) is 0 Å². The zero-order valence-electron chi connectivity index (χ0n) is 18.5. The number of hydrogen-bond donors (Lipinski definition) is 0. The van der Waals surface area contributed by atoms with Crippen molar-refractivity contribution in [2.45, 2.75) is 26.2 Å². The number of carbonyl (C=O) groups is 2. The van der Waals surface area contributed by atoms with Gasteiger partial charge in [0.1, 0.15) is 11.5 Å². The summed E-state index contributed by atoms with van der Waals surface area (Å²) >= 11 is 0. The summed E-state index contributed by atoms with van der Waals surface area (Å²) in [6.07, 6.45) is 0. The van der Waals surface area contributed by atoms with E-state index in [4.69, 9.17) is 0 Å². The Balaban J connectivity index is 1.76. The minimum Gasteiger partial charge on any atom is -0.364 e. The van der Waals surface area contributed by atoms with Crippen LogP contribution in [0.15, 0.2) is 54.2 Å². The monoisotopic (exact) mass is 421 g/mol. The van der Waals surface area contributed by atoms with Crippen LogP contribution >= 0.6 is 0 Å². The maximum atomic E-state index is 13.5. The van der Waals surface area contributed by atoms with E-state index < -0.39 is 0 Å². The molecule has 2 aromatic rings. The Kier molecular flexibility index (Phi) is 5.43. The molecule has 0 unspecified atom stereocenters. The maximum Gasteiger partial charge on any atom is 0.282 e. The molecular weight excluding hydrogens is 393 g/mol. The second-order valence-corrected chi connectivity index (χ2v) is 9.26. The zero-order valence-corrected chi connectivity index (χ0v) is 18.5. The van der Waals surface area contributed by atoms with Crippen molar-refractivity contribution in [2.24, 2.45) is 0 Å². The van der Waals surface area contributed by atoms with Crippen molar-refractivity contribution in [3.05, 3.63) is 71.2 Å². The molecule has 31 heavy (non-hydrogen) atoms. The lowest BCUT2D eigenvalue weighted by Crippen LogP contribution is -2.46. The van der Waals surface area contributed by atoms with Gasteiger partial charge in [-0.25, -0.2) is 9.29 Å². The largest absolute Gasteiger partial charge is 0.364 e. The lowest BCUT2D eigenvalue weighted by atomic mass is 9.87. The third-order valence-electron chi connectivity index (χ3n) is 6.00. The minimum atomic E-state index is -0.378. The van der Waals surface area contributed by atoms with E-state index in [1.54, 1.807) is 12.1 Å². The Morgan fingerprint density at radius 1 is 0.806 bits per heavy atom. The van der Waals surface area contributed by atoms with Crippen LogP contribution in [0.1, 0.15) is 31.9 Å². The van der Waals surface area contributed by atoms with Gasteiger partial charge in [0.05, 0.1) is 11.3 Å². The summed E-state index contributed by atoms with van der Waals surface area (Å²) in [6.45, 7) is 9.29. The van der Waals surface area contributed by atoms with Crippen LogP contribution in [0.5, 0.6) is 0 Å². The minimum absolute atomic E-state index is 0.0277. The first-order chi connectivity index (χ1) is 14.7. The van der Waals surface area contributed by atoms with E-state index in [1.807, 2.05) is 36.2 Å². The van der Waals surface area contributed by atoms with Gasteiger partial charge in [-0.3, -0.25) is 9.59 Å². The molecule has 0 aliphatic carbocycles. The fraction of sp³-hybridized carbons (Fsp3) is 0.360. The standard InChI is InChI=1S/C25H28FN3O2/c1-25(2,3)18-7-11-20(12-8-18)29-23(30)21(17-5-9-19(26)10-6-17)22(24(29)31)28-15-13-27(4)14-16-28/h5-12H,13-16H2,1-4H3. The van der Waals surface area contributed by atoms with E-state index in [2.05, 4.69) is 25.7 Å². The fourth-order valence-electron chi connectivity index (χ4n) is 4.06. The lowest BCUT2D eigenvalue weighted by molar-refractivity contribution is -0.120. The zero-order chi connectivity index (χ0) is 22.3. The molecule has 2 heterocycles. The number of benzene rings is 2. The summed E-state index contributed by atoms with van der Waals surface area (Å²) in [5.74, 6) is -1.07. The summed E-state index contributed by atoms with van der Waals surface area (Å²) in [4.78, 5) is 32.5. The number of imide groups is 1. The molecule has 1 saturated heterocycles. The summed E-state index contributed by atoms with van der Waals surface area (Å²) < 4.78 is 13.5. The first-order valence-electron chi connectivity index (χ1n) is 10.6. The van der Waals surface area contributed by atoms with Crippen LogP contribution in [0.4, 0.5) is 10.1 Å². The number of likely N-dealkylation sites (N-methyl/N-ethyl adjacent to an activating group) is 1. The molecular formula is C25H28FN3O2. The average Bonchev–Trinajstić information content (AvgIpc) is 2.99. The second kappa shape index (κ2) is 7.93. The Morgan fingerprint density at radius 3 is 1.94 bits per heavy atom. The van der Waals surface area contributed by atoms with Gasteiger partial charge in [-0.05, 0) is 47.9 Å². The maximum absolute atomic E-state index is 13.5. The summed E-state index contributed by atoms with van der Waals surface area (Å²) in [5, 5.41) is 0. The molecule has 6 heteroatoms. The highest BCUT2D eigenvalue weighted by atomic mass is 19.1. The molecule has 162 valence electrons. The number of amides is 2. The third kappa shape index (κ3) is 4.00. The van der Waals surface area contributed by atoms with Crippen LogP contribution in [-0.4, -0.2) is 54.8 Å². The van der Waals surface area contributed by atoms with Gasteiger partial charge in [-0.1, -0.05) is 45.0 Å². The molecule has 0 saturated carbocycles. The predicted molar refractivity (Wildman–Crippen MR) is 120 cm³/mol. The number of anilines is 1. The molecule has 0 radical (unpaired) electrons. The highest BCUT2D eigenvalue weighted by molar-refractivity contribution is 6.45. The number of nitrogens with zero attached hydrogens (tertiary/aromatic N) is 3. The van der Waals surface area contributed by atoms with Gasteiger partial charge in [0, 0.05) is 26.2 Å². The average molecular weight is 422 g/mol. The Hall–Kier alpha value is -2.99. The first-order valence-corrected chi connectivity index (χ1v) is 10.6. The van der Waals surface area contributed by atoms with Crippen LogP contribution < -0.4 is 4.90 Å². The van der Waals surface area contributed by atoms with Crippen LogP contribution in [0.25, 0.3) is 5.57 Å². The van der Waals surface area contributed by atoms with Crippen LogP contribution in [-0.2, 0) is 15.0 Å². The van der Waals surface area contributed by atoms with Gasteiger partial charge in [-0.15, -0.1) is 0 Å².